The number of hydrogen-bond donors (Lipinski definition) is 2. The van der Waals surface area contributed by atoms with Gasteiger partial charge in [-0.3, -0.25) is 0 Å². The van der Waals surface area contributed by atoms with Gasteiger partial charge < -0.3 is 29.7 Å². The maximum atomic E-state index is 13.5. The van der Waals surface area contributed by atoms with Gasteiger partial charge in [0.1, 0.15) is 11.5 Å². The smallest absolute Gasteiger partial charge is 0.322 e. The van der Waals surface area contributed by atoms with Crippen LogP contribution >= 0.6 is 0 Å². The first-order valence-corrected chi connectivity index (χ1v) is 11.9. The first kappa shape index (κ1) is 23.1. The van der Waals surface area contributed by atoms with E-state index in [-0.39, 0.29) is 30.6 Å². The zero-order valence-corrected chi connectivity index (χ0v) is 20.3. The zero-order chi connectivity index (χ0) is 24.5. The molecule has 0 radical (unpaired) electrons. The van der Waals surface area contributed by atoms with Crippen LogP contribution in [0.5, 0.6) is 11.5 Å². The number of amides is 2. The number of carbonyl (C=O) groups is 1. The molecule has 0 aromatic heterocycles. The number of anilines is 2. The number of likely N-dealkylation sites (N-methyl/N-ethyl adjacent to an activating group) is 1. The predicted molar refractivity (Wildman–Crippen MR) is 137 cm³/mol. The van der Waals surface area contributed by atoms with Crippen molar-refractivity contribution in [1.29, 1.82) is 0 Å². The molecule has 3 aromatic rings. The number of ether oxygens (including phenoxy) is 2. The molecular weight excluding hydrogens is 442 g/mol. The number of fused-ring (bicyclic) bond motifs is 3. The summed E-state index contributed by atoms with van der Waals surface area (Å²) in [5.74, 6) is 1.55. The molecule has 2 aliphatic rings. The Labute approximate surface area is 205 Å². The second-order valence-electron chi connectivity index (χ2n) is 9.09. The van der Waals surface area contributed by atoms with Crippen molar-refractivity contribution in [3.8, 4) is 22.6 Å². The van der Waals surface area contributed by atoms with Gasteiger partial charge in [-0.25, -0.2) is 4.79 Å². The van der Waals surface area contributed by atoms with Crippen molar-refractivity contribution in [1.82, 2.24) is 4.90 Å². The molecule has 2 N–H and O–H groups in total. The Kier molecular flexibility index (Phi) is 6.26. The number of hydrogen-bond acceptors (Lipinski definition) is 5. The number of aliphatic hydroxyl groups is 1. The van der Waals surface area contributed by atoms with E-state index in [2.05, 4.69) is 34.5 Å². The van der Waals surface area contributed by atoms with E-state index in [1.807, 2.05) is 54.4 Å². The lowest BCUT2D eigenvalue weighted by Crippen LogP contribution is -2.48. The third-order valence-electron chi connectivity index (χ3n) is 7.36. The minimum absolute atomic E-state index is 0.0384. The molecule has 0 aliphatic carbocycles. The number of rotatable bonds is 5. The van der Waals surface area contributed by atoms with E-state index >= 15 is 0 Å². The average Bonchev–Trinajstić information content (AvgIpc) is 3.34. The van der Waals surface area contributed by atoms with E-state index < -0.39 is 0 Å². The standard InChI is InChI=1S/C28H31N3O4/c1-30-24-12-11-19(18-7-6-8-20(15-18)34-2)16-22(24)27-21(25(30)17-32)13-14-31(27)28(33)29-23-9-4-5-10-26(23)35-3/h4-12,15-16,21,25,27,32H,13-14,17H2,1-3H3,(H,29,33)/t21-,25+,27-/m0/s1. The summed E-state index contributed by atoms with van der Waals surface area (Å²) in [5.41, 5.74) is 4.89. The Morgan fingerprint density at radius 3 is 2.60 bits per heavy atom. The van der Waals surface area contributed by atoms with Crippen LogP contribution in [-0.4, -0.2) is 56.5 Å². The third-order valence-corrected chi connectivity index (χ3v) is 7.36. The van der Waals surface area contributed by atoms with Crippen molar-refractivity contribution in [2.75, 3.05) is 44.6 Å². The van der Waals surface area contributed by atoms with E-state index in [0.29, 0.717) is 18.0 Å². The van der Waals surface area contributed by atoms with Crippen LogP contribution in [-0.2, 0) is 0 Å². The summed E-state index contributed by atoms with van der Waals surface area (Å²) in [5, 5.41) is 13.3. The summed E-state index contributed by atoms with van der Waals surface area (Å²) in [6.45, 7) is 0.653. The van der Waals surface area contributed by atoms with Crippen molar-refractivity contribution < 1.29 is 19.4 Å². The van der Waals surface area contributed by atoms with Crippen LogP contribution in [0.2, 0.25) is 0 Å². The molecule has 0 spiro atoms. The second kappa shape index (κ2) is 9.50. The Morgan fingerprint density at radius 2 is 1.83 bits per heavy atom. The largest absolute Gasteiger partial charge is 0.497 e. The van der Waals surface area contributed by atoms with Crippen molar-refractivity contribution in [2.45, 2.75) is 18.5 Å². The lowest BCUT2D eigenvalue weighted by atomic mass is 9.81. The van der Waals surface area contributed by atoms with Crippen LogP contribution in [0.4, 0.5) is 16.2 Å². The normalized spacial score (nSPS) is 20.7. The summed E-state index contributed by atoms with van der Waals surface area (Å²) in [6, 6.07) is 21.4. The van der Waals surface area contributed by atoms with Gasteiger partial charge >= 0.3 is 6.03 Å². The van der Waals surface area contributed by atoms with Crippen LogP contribution in [0, 0.1) is 5.92 Å². The number of benzene rings is 3. The van der Waals surface area contributed by atoms with Crippen LogP contribution in [0.3, 0.4) is 0 Å². The fourth-order valence-electron chi connectivity index (χ4n) is 5.60. The molecule has 0 bridgehead atoms. The maximum Gasteiger partial charge on any atom is 0.322 e. The molecule has 35 heavy (non-hydrogen) atoms. The number of nitrogens with one attached hydrogen (secondary N) is 1. The Morgan fingerprint density at radius 1 is 1.03 bits per heavy atom. The molecule has 3 atom stereocenters. The number of methoxy groups -OCH3 is 2. The van der Waals surface area contributed by atoms with Crippen LogP contribution in [0.15, 0.2) is 66.7 Å². The number of nitrogens with zero attached hydrogens (tertiary/aromatic N) is 2. The molecule has 3 aromatic carbocycles. The summed E-state index contributed by atoms with van der Waals surface area (Å²) >= 11 is 0. The van der Waals surface area contributed by atoms with Crippen LogP contribution < -0.4 is 19.7 Å². The maximum absolute atomic E-state index is 13.5. The van der Waals surface area contributed by atoms with Gasteiger partial charge in [0.25, 0.3) is 0 Å². The summed E-state index contributed by atoms with van der Waals surface area (Å²) in [4.78, 5) is 17.6. The van der Waals surface area contributed by atoms with Gasteiger partial charge in [-0.05, 0) is 59.5 Å². The monoisotopic (exact) mass is 473 g/mol. The Hall–Kier alpha value is -3.71. The number of carbonyl (C=O) groups excluding carboxylic acids is 1. The van der Waals surface area contributed by atoms with E-state index in [9.17, 15) is 9.90 Å². The van der Waals surface area contributed by atoms with Crippen molar-refractivity contribution >= 4 is 17.4 Å². The highest BCUT2D eigenvalue weighted by Crippen LogP contribution is 2.49. The number of aliphatic hydroxyl groups excluding tert-OH is 1. The highest BCUT2D eigenvalue weighted by molar-refractivity contribution is 5.92. The molecule has 0 saturated carbocycles. The highest BCUT2D eigenvalue weighted by Gasteiger charge is 2.47. The molecule has 182 valence electrons. The van der Waals surface area contributed by atoms with Gasteiger partial charge in [-0.1, -0.05) is 30.3 Å². The molecule has 0 unspecified atom stereocenters. The Bertz CT molecular complexity index is 1230. The number of para-hydroxylation sites is 2. The quantitative estimate of drug-likeness (QED) is 0.558. The second-order valence-corrected chi connectivity index (χ2v) is 9.09. The summed E-state index contributed by atoms with van der Waals surface area (Å²) < 4.78 is 10.8. The minimum Gasteiger partial charge on any atom is -0.497 e. The average molecular weight is 474 g/mol. The summed E-state index contributed by atoms with van der Waals surface area (Å²) in [6.07, 6.45) is 0.822. The molecule has 2 aliphatic heterocycles. The van der Waals surface area contributed by atoms with E-state index in [1.165, 1.54) is 0 Å². The Balaban J connectivity index is 1.54. The van der Waals surface area contributed by atoms with E-state index in [1.54, 1.807) is 14.2 Å². The fraction of sp³-hybridized carbons (Fsp3) is 0.321. The van der Waals surface area contributed by atoms with Crippen molar-refractivity contribution in [3.05, 3.63) is 72.3 Å². The van der Waals surface area contributed by atoms with Gasteiger partial charge in [0.15, 0.2) is 0 Å². The fourth-order valence-corrected chi connectivity index (χ4v) is 5.60. The molecule has 1 saturated heterocycles. The molecule has 7 heteroatoms. The van der Waals surface area contributed by atoms with Gasteiger partial charge in [-0.15, -0.1) is 0 Å². The van der Waals surface area contributed by atoms with Crippen LogP contribution in [0.25, 0.3) is 11.1 Å². The van der Waals surface area contributed by atoms with Gasteiger partial charge in [0, 0.05) is 25.2 Å². The first-order valence-electron chi connectivity index (χ1n) is 11.9. The number of urea groups is 1. The first-order chi connectivity index (χ1) is 17.0. The van der Waals surface area contributed by atoms with Crippen molar-refractivity contribution in [2.24, 2.45) is 5.92 Å². The summed E-state index contributed by atoms with van der Waals surface area (Å²) in [7, 11) is 5.28. The molecule has 2 heterocycles. The lowest BCUT2D eigenvalue weighted by molar-refractivity contribution is 0.168. The minimum atomic E-state index is -0.166. The van der Waals surface area contributed by atoms with E-state index in [0.717, 1.165) is 34.5 Å². The van der Waals surface area contributed by atoms with Crippen LogP contribution in [0.1, 0.15) is 18.0 Å². The molecule has 2 amide bonds. The molecule has 5 rings (SSSR count). The topological polar surface area (TPSA) is 74.3 Å². The van der Waals surface area contributed by atoms with Gasteiger partial charge in [-0.2, -0.15) is 0 Å². The third kappa shape index (κ3) is 4.06. The molecule has 7 nitrogen and oxygen atoms in total. The zero-order valence-electron chi connectivity index (χ0n) is 20.3. The number of likely N-dealkylation sites (tertiary alicyclic amines) is 1. The lowest BCUT2D eigenvalue weighted by Gasteiger charge is -2.44. The SMILES string of the molecule is COc1cccc(-c2ccc3c(c2)[C@@H]2[C@@H](CCN2C(=O)Nc2ccccc2OC)[C@@H](CO)N3C)c1. The molecule has 1 fully saturated rings. The predicted octanol–water partition coefficient (Wildman–Crippen LogP) is 4.78. The molecular formula is C28H31N3O4. The highest BCUT2D eigenvalue weighted by atomic mass is 16.5. The van der Waals surface area contributed by atoms with E-state index in [4.69, 9.17) is 9.47 Å². The van der Waals surface area contributed by atoms with Gasteiger partial charge in [0.2, 0.25) is 0 Å². The van der Waals surface area contributed by atoms with Gasteiger partial charge in [0.05, 0.1) is 38.6 Å². The van der Waals surface area contributed by atoms with Crippen molar-refractivity contribution in [3.63, 3.8) is 0 Å².